The minimum absolute atomic E-state index is 0.135. The van der Waals surface area contributed by atoms with Crippen LogP contribution in [0.25, 0.3) is 10.8 Å². The smallest absolute Gasteiger partial charge is 0.273 e. The van der Waals surface area contributed by atoms with Crippen LogP contribution < -0.4 is 10.1 Å². The van der Waals surface area contributed by atoms with E-state index in [0.717, 1.165) is 10.8 Å². The van der Waals surface area contributed by atoms with Gasteiger partial charge < -0.3 is 14.5 Å². The van der Waals surface area contributed by atoms with Gasteiger partial charge in [-0.05, 0) is 12.1 Å². The van der Waals surface area contributed by atoms with Crippen LogP contribution in [0.4, 0.5) is 0 Å². The summed E-state index contributed by atoms with van der Waals surface area (Å²) in [5.41, 5.74) is 0.215. The maximum Gasteiger partial charge on any atom is 0.273 e. The predicted molar refractivity (Wildman–Crippen MR) is 85.1 cm³/mol. The van der Waals surface area contributed by atoms with Gasteiger partial charge >= 0.3 is 0 Å². The molecule has 0 aliphatic heterocycles. The lowest BCUT2D eigenvalue weighted by molar-refractivity contribution is 0.0953. The maximum absolute atomic E-state index is 11.7. The summed E-state index contributed by atoms with van der Waals surface area (Å²) < 4.78 is 11.0. The molecule has 6 heteroatoms. The summed E-state index contributed by atoms with van der Waals surface area (Å²) >= 11 is 0. The molecule has 0 saturated heterocycles. The van der Waals surface area contributed by atoms with Crippen molar-refractivity contribution in [2.24, 2.45) is 0 Å². The number of ether oxygens (including phenoxy) is 1. The van der Waals surface area contributed by atoms with Gasteiger partial charge in [-0.2, -0.15) is 0 Å². The van der Waals surface area contributed by atoms with Crippen LogP contribution in [-0.4, -0.2) is 22.4 Å². The van der Waals surface area contributed by atoms with Gasteiger partial charge in [-0.1, -0.05) is 18.2 Å². The van der Waals surface area contributed by atoms with Crippen molar-refractivity contribution in [3.8, 4) is 5.75 Å². The monoisotopic (exact) mass is 309 g/mol. The molecule has 0 atom stereocenters. The van der Waals surface area contributed by atoms with E-state index in [4.69, 9.17) is 9.15 Å². The van der Waals surface area contributed by atoms with E-state index in [1.165, 1.54) is 6.26 Å². The van der Waals surface area contributed by atoms with Crippen LogP contribution in [0.15, 0.2) is 60.0 Å². The molecule has 0 aliphatic rings. The molecule has 1 aromatic carbocycles. The highest BCUT2D eigenvalue weighted by atomic mass is 16.5. The average Bonchev–Trinajstić information content (AvgIpc) is 3.07. The average molecular weight is 309 g/mol. The lowest BCUT2D eigenvalue weighted by Crippen LogP contribution is -2.23. The van der Waals surface area contributed by atoms with E-state index >= 15 is 0 Å². The van der Waals surface area contributed by atoms with Crippen molar-refractivity contribution in [2.45, 2.75) is 6.61 Å². The Morgan fingerprint density at radius 1 is 1.39 bits per heavy atom. The molecule has 0 unspecified atom stereocenters. The molecular weight excluding hydrogens is 294 g/mol. The number of hydrogen-bond acceptors (Lipinski definition) is 5. The number of fused-ring (bicyclic) bond motifs is 1. The molecule has 0 spiro atoms. The second kappa shape index (κ2) is 6.74. The summed E-state index contributed by atoms with van der Waals surface area (Å²) in [5.74, 6) is 0.733. The fourth-order valence-corrected chi connectivity index (χ4v) is 2.10. The molecule has 2 aromatic heterocycles. The second-order valence-corrected chi connectivity index (χ2v) is 4.77. The van der Waals surface area contributed by atoms with Crippen LogP contribution in [0, 0.1) is 0 Å². The Morgan fingerprint density at radius 3 is 3.17 bits per heavy atom. The van der Waals surface area contributed by atoms with Crippen molar-refractivity contribution < 1.29 is 13.9 Å². The van der Waals surface area contributed by atoms with Crippen molar-refractivity contribution in [3.63, 3.8) is 0 Å². The highest BCUT2D eigenvalue weighted by Gasteiger charge is 2.12. The number of benzene rings is 1. The van der Waals surface area contributed by atoms with E-state index in [0.29, 0.717) is 18.2 Å². The molecule has 3 rings (SSSR count). The van der Waals surface area contributed by atoms with Crippen LogP contribution >= 0.6 is 0 Å². The predicted octanol–water partition coefficient (Wildman–Crippen LogP) is 2.72. The van der Waals surface area contributed by atoms with E-state index in [1.807, 2.05) is 24.3 Å². The van der Waals surface area contributed by atoms with Gasteiger partial charge in [-0.15, -0.1) is 6.58 Å². The zero-order valence-corrected chi connectivity index (χ0v) is 12.4. The SMILES string of the molecule is C=CCNC(=O)c1coc(COc2cccc3cnccc23)n1. The zero-order chi connectivity index (χ0) is 16.1. The quantitative estimate of drug-likeness (QED) is 0.708. The van der Waals surface area contributed by atoms with Gasteiger partial charge in [0.15, 0.2) is 12.3 Å². The summed E-state index contributed by atoms with van der Waals surface area (Å²) in [6.45, 7) is 4.05. The summed E-state index contributed by atoms with van der Waals surface area (Å²) in [4.78, 5) is 19.9. The van der Waals surface area contributed by atoms with Gasteiger partial charge in [0, 0.05) is 29.7 Å². The number of nitrogens with zero attached hydrogens (tertiary/aromatic N) is 2. The van der Waals surface area contributed by atoms with Gasteiger partial charge in [0.25, 0.3) is 5.91 Å². The summed E-state index contributed by atoms with van der Waals surface area (Å²) in [5, 5.41) is 4.58. The number of carbonyl (C=O) groups excluding carboxylic acids is 1. The van der Waals surface area contributed by atoms with Crippen molar-refractivity contribution in [1.29, 1.82) is 0 Å². The first-order valence-electron chi connectivity index (χ1n) is 7.07. The van der Waals surface area contributed by atoms with Crippen molar-refractivity contribution >= 4 is 16.7 Å². The van der Waals surface area contributed by atoms with Crippen LogP contribution in [0.3, 0.4) is 0 Å². The van der Waals surface area contributed by atoms with Crippen LogP contribution in [0.2, 0.25) is 0 Å². The minimum Gasteiger partial charge on any atom is -0.483 e. The highest BCUT2D eigenvalue weighted by molar-refractivity contribution is 5.92. The minimum atomic E-state index is -0.309. The van der Waals surface area contributed by atoms with E-state index < -0.39 is 0 Å². The van der Waals surface area contributed by atoms with Crippen molar-refractivity contribution in [3.05, 3.63) is 67.2 Å². The summed E-state index contributed by atoms with van der Waals surface area (Å²) in [7, 11) is 0. The molecule has 2 heterocycles. The van der Waals surface area contributed by atoms with Crippen molar-refractivity contribution in [2.75, 3.05) is 6.54 Å². The first-order valence-corrected chi connectivity index (χ1v) is 7.07. The molecular formula is C17H15N3O3. The molecule has 0 bridgehead atoms. The maximum atomic E-state index is 11.7. The fraction of sp³-hybridized carbons (Fsp3) is 0.118. The number of pyridine rings is 1. The Bertz CT molecular complexity index is 836. The van der Waals surface area contributed by atoms with Crippen LogP contribution in [0.1, 0.15) is 16.4 Å². The second-order valence-electron chi connectivity index (χ2n) is 4.77. The topological polar surface area (TPSA) is 77.2 Å². The highest BCUT2D eigenvalue weighted by Crippen LogP contribution is 2.25. The molecule has 23 heavy (non-hydrogen) atoms. The van der Waals surface area contributed by atoms with Crippen LogP contribution in [0.5, 0.6) is 5.75 Å². The molecule has 0 saturated carbocycles. The lowest BCUT2D eigenvalue weighted by Gasteiger charge is -2.06. The number of nitrogens with one attached hydrogen (secondary N) is 1. The molecule has 116 valence electrons. The number of amides is 1. The molecule has 0 radical (unpaired) electrons. The Hall–Kier alpha value is -3.15. The molecule has 0 fully saturated rings. The van der Waals surface area contributed by atoms with Crippen molar-refractivity contribution in [1.82, 2.24) is 15.3 Å². The summed E-state index contributed by atoms with van der Waals surface area (Å²) in [6.07, 6.45) is 6.39. The molecule has 1 N–H and O–H groups in total. The number of oxazole rings is 1. The third kappa shape index (κ3) is 3.37. The largest absolute Gasteiger partial charge is 0.483 e. The Balaban J connectivity index is 1.70. The van der Waals surface area contributed by atoms with Gasteiger partial charge in [-0.25, -0.2) is 4.98 Å². The molecule has 3 aromatic rings. The van der Waals surface area contributed by atoms with E-state index in [1.54, 1.807) is 18.5 Å². The standard InChI is InChI=1S/C17H15N3O3/c1-2-7-19-17(21)14-10-23-16(20-14)11-22-15-5-3-4-12-9-18-8-6-13(12)15/h2-6,8-10H,1,7,11H2,(H,19,21). The molecule has 6 nitrogen and oxygen atoms in total. The first kappa shape index (κ1) is 14.8. The number of rotatable bonds is 6. The Morgan fingerprint density at radius 2 is 2.30 bits per heavy atom. The number of carbonyl (C=O) groups is 1. The Labute approximate surface area is 132 Å². The summed E-state index contributed by atoms with van der Waals surface area (Å²) in [6, 6.07) is 7.60. The van der Waals surface area contributed by atoms with Gasteiger partial charge in [-0.3, -0.25) is 9.78 Å². The van der Waals surface area contributed by atoms with Gasteiger partial charge in [0.1, 0.15) is 12.0 Å². The number of aromatic nitrogens is 2. The van der Waals surface area contributed by atoms with Gasteiger partial charge in [0.2, 0.25) is 5.89 Å². The van der Waals surface area contributed by atoms with Crippen LogP contribution in [-0.2, 0) is 6.61 Å². The fourth-order valence-electron chi connectivity index (χ4n) is 2.10. The number of hydrogen-bond donors (Lipinski definition) is 1. The molecule has 1 amide bonds. The third-order valence-electron chi connectivity index (χ3n) is 3.18. The zero-order valence-electron chi connectivity index (χ0n) is 12.4. The molecule has 0 aliphatic carbocycles. The van der Waals surface area contributed by atoms with Gasteiger partial charge in [0.05, 0.1) is 0 Å². The van der Waals surface area contributed by atoms with E-state index in [2.05, 4.69) is 21.9 Å². The normalized spacial score (nSPS) is 10.4. The third-order valence-corrected chi connectivity index (χ3v) is 3.18. The van der Waals surface area contributed by atoms with E-state index in [-0.39, 0.29) is 18.2 Å². The van der Waals surface area contributed by atoms with E-state index in [9.17, 15) is 4.79 Å². The lowest BCUT2D eigenvalue weighted by atomic mass is 10.1. The first-order chi connectivity index (χ1) is 11.3. The Kier molecular flexibility index (Phi) is 4.33.